The number of ether oxygens (including phenoxy) is 2. The summed E-state index contributed by atoms with van der Waals surface area (Å²) < 4.78 is 40.4. The highest BCUT2D eigenvalue weighted by molar-refractivity contribution is 7.85. The number of phenols is 1. The van der Waals surface area contributed by atoms with Crippen LogP contribution in [-0.2, 0) is 14.9 Å². The number of phenolic OH excluding ortho intramolecular Hbond substituents is 1. The first-order valence-corrected chi connectivity index (χ1v) is 13.0. The number of aromatic hydroxyl groups is 1. The van der Waals surface area contributed by atoms with Crippen LogP contribution in [0.25, 0.3) is 0 Å². The number of aryl methyl sites for hydroxylation is 1. The fraction of sp³-hybridized carbons (Fsp3) is 0.440. The van der Waals surface area contributed by atoms with Crippen LogP contribution in [0.1, 0.15) is 36.3 Å². The van der Waals surface area contributed by atoms with Gasteiger partial charge in [-0.1, -0.05) is 17.7 Å². The van der Waals surface area contributed by atoms with Crippen molar-refractivity contribution >= 4 is 16.0 Å². The number of carbonyl (C=O) groups is 1. The molecule has 2 aromatic rings. The molecule has 0 spiro atoms. The highest BCUT2D eigenvalue weighted by atomic mass is 32.2. The van der Waals surface area contributed by atoms with Crippen LogP contribution in [0.5, 0.6) is 17.2 Å². The quantitative estimate of drug-likeness (QED) is 0.509. The Labute approximate surface area is 211 Å². The number of nitrogens with one attached hydrogen (secondary N) is 1. The average Bonchev–Trinajstić information content (AvgIpc) is 3.53. The maximum absolute atomic E-state index is 12.8. The van der Waals surface area contributed by atoms with Gasteiger partial charge in [0.25, 0.3) is 10.1 Å². The number of hydrogen-bond acceptors (Lipinski definition) is 8. The molecule has 0 aromatic heterocycles. The lowest BCUT2D eigenvalue weighted by Crippen LogP contribution is -2.45. The van der Waals surface area contributed by atoms with E-state index in [2.05, 4.69) is 11.4 Å². The number of benzene rings is 2. The third-order valence-electron chi connectivity index (χ3n) is 6.37. The molecule has 1 amide bonds. The SMILES string of the molecule is COc1cc(O)cc(OC)c1[C@@H]1CN[C@H](C(=O)N2CCC[C@H]2C#N)C1.Cc1ccc(S(=O)(=O)O)cc1. The predicted molar refractivity (Wildman–Crippen MR) is 132 cm³/mol. The Balaban J connectivity index is 0.000000275. The van der Waals surface area contributed by atoms with Gasteiger partial charge in [-0.15, -0.1) is 0 Å². The molecule has 0 bridgehead atoms. The lowest BCUT2D eigenvalue weighted by molar-refractivity contribution is -0.133. The van der Waals surface area contributed by atoms with Gasteiger partial charge in [-0.2, -0.15) is 13.7 Å². The Morgan fingerprint density at radius 1 is 1.17 bits per heavy atom. The standard InChI is InChI=1S/C18H23N3O4.C7H8O3S/c1-24-15-7-13(22)8-16(25-2)17(15)11-6-14(20-10-11)18(23)21-5-3-4-12(21)9-19;1-6-2-4-7(5-3-6)11(8,9)10/h7-8,11-12,14,20,22H,3-6,10H2,1-2H3;2-5H,1H3,(H,8,9,10)/t11-,12-,14-;/m0./s1. The van der Waals surface area contributed by atoms with Crippen molar-refractivity contribution in [2.24, 2.45) is 0 Å². The van der Waals surface area contributed by atoms with Crippen LogP contribution in [0.15, 0.2) is 41.3 Å². The van der Waals surface area contributed by atoms with E-state index >= 15 is 0 Å². The van der Waals surface area contributed by atoms with Crippen molar-refractivity contribution in [2.45, 2.75) is 49.1 Å². The Bertz CT molecular complexity index is 1200. The summed E-state index contributed by atoms with van der Waals surface area (Å²) in [6, 6.07) is 10.7. The van der Waals surface area contributed by atoms with Crippen LogP contribution in [0, 0.1) is 18.3 Å². The molecule has 2 fully saturated rings. The highest BCUT2D eigenvalue weighted by Gasteiger charge is 2.39. The summed E-state index contributed by atoms with van der Waals surface area (Å²) >= 11 is 0. The smallest absolute Gasteiger partial charge is 0.294 e. The molecule has 2 aliphatic heterocycles. The van der Waals surface area contributed by atoms with E-state index in [1.54, 1.807) is 43.4 Å². The lowest BCUT2D eigenvalue weighted by atomic mass is 9.93. The Morgan fingerprint density at radius 2 is 1.78 bits per heavy atom. The average molecular weight is 518 g/mol. The molecule has 0 aliphatic carbocycles. The summed E-state index contributed by atoms with van der Waals surface area (Å²) in [5, 5.41) is 22.3. The number of rotatable bonds is 5. The van der Waals surface area contributed by atoms with Crippen molar-refractivity contribution in [2.75, 3.05) is 27.3 Å². The minimum Gasteiger partial charge on any atom is -0.508 e. The minimum atomic E-state index is -4.02. The van der Waals surface area contributed by atoms with Crippen LogP contribution in [-0.4, -0.2) is 68.3 Å². The number of hydrogen-bond donors (Lipinski definition) is 3. The van der Waals surface area contributed by atoms with Crippen molar-refractivity contribution in [3.05, 3.63) is 47.5 Å². The lowest BCUT2D eigenvalue weighted by Gasteiger charge is -2.23. The van der Waals surface area contributed by atoms with Gasteiger partial charge in [0.1, 0.15) is 23.3 Å². The van der Waals surface area contributed by atoms with Crippen LogP contribution >= 0.6 is 0 Å². The second kappa shape index (κ2) is 11.6. The third-order valence-corrected chi connectivity index (χ3v) is 7.24. The van der Waals surface area contributed by atoms with Crippen molar-refractivity contribution in [3.63, 3.8) is 0 Å². The first-order chi connectivity index (χ1) is 17.1. The van der Waals surface area contributed by atoms with Crippen molar-refractivity contribution < 1.29 is 32.3 Å². The Kier molecular flexibility index (Phi) is 8.79. The van der Waals surface area contributed by atoms with E-state index < -0.39 is 10.1 Å². The summed E-state index contributed by atoms with van der Waals surface area (Å²) in [5.74, 6) is 1.19. The van der Waals surface area contributed by atoms with Crippen molar-refractivity contribution in [3.8, 4) is 23.3 Å². The molecule has 2 aromatic carbocycles. The molecule has 0 unspecified atom stereocenters. The molecule has 36 heavy (non-hydrogen) atoms. The molecule has 0 radical (unpaired) electrons. The molecule has 11 heteroatoms. The van der Waals surface area contributed by atoms with Crippen LogP contribution < -0.4 is 14.8 Å². The number of nitrogens with zero attached hydrogens (tertiary/aromatic N) is 2. The number of carbonyl (C=O) groups excluding carboxylic acids is 1. The van der Waals surface area contributed by atoms with E-state index in [1.165, 1.54) is 12.1 Å². The number of likely N-dealkylation sites (tertiary alicyclic amines) is 1. The van der Waals surface area contributed by atoms with Gasteiger partial charge >= 0.3 is 0 Å². The molecule has 10 nitrogen and oxygen atoms in total. The fourth-order valence-corrected chi connectivity index (χ4v) is 5.03. The topological polar surface area (TPSA) is 149 Å². The van der Waals surface area contributed by atoms with Crippen LogP contribution in [0.3, 0.4) is 0 Å². The van der Waals surface area contributed by atoms with Gasteiger partial charge in [-0.25, -0.2) is 0 Å². The van der Waals surface area contributed by atoms with Gasteiger partial charge in [0.2, 0.25) is 5.91 Å². The van der Waals surface area contributed by atoms with Crippen molar-refractivity contribution in [1.82, 2.24) is 10.2 Å². The summed E-state index contributed by atoms with van der Waals surface area (Å²) in [5.41, 5.74) is 1.81. The Hall–Kier alpha value is -3.33. The summed E-state index contributed by atoms with van der Waals surface area (Å²) in [6.07, 6.45) is 2.22. The zero-order chi connectivity index (χ0) is 26.5. The molecule has 4 rings (SSSR count). The highest BCUT2D eigenvalue weighted by Crippen LogP contribution is 2.42. The van der Waals surface area contributed by atoms with Gasteiger partial charge in [0.05, 0.1) is 31.2 Å². The monoisotopic (exact) mass is 517 g/mol. The number of methoxy groups -OCH3 is 2. The largest absolute Gasteiger partial charge is 0.508 e. The van der Waals surface area contributed by atoms with E-state index in [1.807, 2.05) is 6.92 Å². The van der Waals surface area contributed by atoms with Gasteiger partial charge in [0.15, 0.2) is 0 Å². The molecular weight excluding hydrogens is 486 g/mol. The molecule has 3 atom stereocenters. The van der Waals surface area contributed by atoms with Crippen molar-refractivity contribution in [1.29, 1.82) is 5.26 Å². The fourth-order valence-electron chi connectivity index (χ4n) is 4.55. The normalized spacial score (nSPS) is 21.3. The van der Waals surface area contributed by atoms with Gasteiger partial charge in [-0.05, 0) is 38.3 Å². The van der Waals surface area contributed by atoms with E-state index in [-0.39, 0.29) is 34.6 Å². The first-order valence-electron chi connectivity index (χ1n) is 11.5. The molecule has 194 valence electrons. The van der Waals surface area contributed by atoms with E-state index in [4.69, 9.17) is 14.0 Å². The third kappa shape index (κ3) is 6.26. The zero-order valence-corrected chi connectivity index (χ0v) is 21.3. The molecule has 0 saturated carbocycles. The first kappa shape index (κ1) is 27.3. The number of nitriles is 1. The predicted octanol–water partition coefficient (Wildman–Crippen LogP) is 2.61. The maximum atomic E-state index is 12.8. The molecule has 2 saturated heterocycles. The van der Waals surface area contributed by atoms with E-state index in [9.17, 15) is 23.6 Å². The molecule has 2 heterocycles. The second-order valence-electron chi connectivity index (χ2n) is 8.76. The minimum absolute atomic E-state index is 0.0109. The van der Waals surface area contributed by atoms with E-state index in [0.717, 1.165) is 24.0 Å². The Morgan fingerprint density at radius 3 is 2.31 bits per heavy atom. The van der Waals surface area contributed by atoms with Crippen LogP contribution in [0.2, 0.25) is 0 Å². The second-order valence-corrected chi connectivity index (χ2v) is 10.2. The van der Waals surface area contributed by atoms with Gasteiger partial charge in [0, 0.05) is 36.7 Å². The van der Waals surface area contributed by atoms with Crippen LogP contribution in [0.4, 0.5) is 0 Å². The zero-order valence-electron chi connectivity index (χ0n) is 20.5. The molecule has 3 N–H and O–H groups in total. The van der Waals surface area contributed by atoms with Gasteiger partial charge in [-0.3, -0.25) is 9.35 Å². The summed E-state index contributed by atoms with van der Waals surface area (Å²) in [4.78, 5) is 14.4. The van der Waals surface area contributed by atoms with E-state index in [0.29, 0.717) is 31.0 Å². The number of amides is 1. The molecular formula is C25H31N3O7S. The maximum Gasteiger partial charge on any atom is 0.294 e. The molecule has 2 aliphatic rings. The summed E-state index contributed by atoms with van der Waals surface area (Å²) in [7, 11) is -0.927. The summed E-state index contributed by atoms with van der Waals surface area (Å²) in [6.45, 7) is 3.10. The van der Waals surface area contributed by atoms with Gasteiger partial charge < -0.3 is 24.8 Å².